The molecule has 0 saturated heterocycles. The lowest BCUT2D eigenvalue weighted by Crippen LogP contribution is -2.39. The van der Waals surface area contributed by atoms with E-state index in [4.69, 9.17) is 0 Å². The highest BCUT2D eigenvalue weighted by molar-refractivity contribution is 5.92. The van der Waals surface area contributed by atoms with E-state index in [2.05, 4.69) is 22.9 Å². The second kappa shape index (κ2) is 10.2. The van der Waals surface area contributed by atoms with Crippen LogP contribution in [0.1, 0.15) is 57.9 Å². The van der Waals surface area contributed by atoms with E-state index < -0.39 is 0 Å². The molecule has 5 nitrogen and oxygen atoms in total. The van der Waals surface area contributed by atoms with Gasteiger partial charge in [0, 0.05) is 30.6 Å². The van der Waals surface area contributed by atoms with Crippen LogP contribution in [0.15, 0.2) is 24.3 Å². The smallest absolute Gasteiger partial charge is 0.226 e. The molecule has 0 aliphatic heterocycles. The Kier molecular flexibility index (Phi) is 7.92. The minimum Gasteiger partial charge on any atom is -0.353 e. The molecule has 1 saturated carbocycles. The zero-order valence-electron chi connectivity index (χ0n) is 15.4. The lowest BCUT2D eigenvalue weighted by atomic mass is 9.88. The number of amides is 2. The van der Waals surface area contributed by atoms with Crippen molar-refractivity contribution in [3.8, 4) is 0 Å². The van der Waals surface area contributed by atoms with Crippen molar-refractivity contribution in [1.29, 1.82) is 0 Å². The zero-order valence-corrected chi connectivity index (χ0v) is 15.4. The number of anilines is 1. The normalized spacial score (nSPS) is 16.2. The van der Waals surface area contributed by atoms with Crippen molar-refractivity contribution in [2.75, 3.05) is 11.9 Å². The van der Waals surface area contributed by atoms with Crippen LogP contribution in [-0.4, -0.2) is 24.4 Å². The van der Waals surface area contributed by atoms with Gasteiger partial charge < -0.3 is 16.0 Å². The van der Waals surface area contributed by atoms with Crippen LogP contribution in [0.3, 0.4) is 0 Å². The van der Waals surface area contributed by atoms with E-state index in [1.807, 2.05) is 31.2 Å². The maximum absolute atomic E-state index is 12.3. The second-order valence-corrected chi connectivity index (χ2v) is 6.93. The Balaban J connectivity index is 1.82. The van der Waals surface area contributed by atoms with Gasteiger partial charge in [0.2, 0.25) is 11.8 Å². The Morgan fingerprint density at radius 2 is 1.88 bits per heavy atom. The van der Waals surface area contributed by atoms with E-state index in [9.17, 15) is 9.59 Å². The highest BCUT2D eigenvalue weighted by Gasteiger charge is 2.22. The number of hydrogen-bond donors (Lipinski definition) is 3. The molecule has 25 heavy (non-hydrogen) atoms. The zero-order chi connectivity index (χ0) is 18.1. The highest BCUT2D eigenvalue weighted by Crippen LogP contribution is 2.23. The van der Waals surface area contributed by atoms with Gasteiger partial charge in [0.25, 0.3) is 0 Å². The van der Waals surface area contributed by atoms with Crippen LogP contribution < -0.4 is 16.0 Å². The average Bonchev–Trinajstić information content (AvgIpc) is 2.61. The van der Waals surface area contributed by atoms with Gasteiger partial charge in [-0.05, 0) is 37.9 Å². The van der Waals surface area contributed by atoms with Gasteiger partial charge >= 0.3 is 0 Å². The first-order chi connectivity index (χ1) is 12.1. The van der Waals surface area contributed by atoms with Crippen molar-refractivity contribution in [3.63, 3.8) is 0 Å². The van der Waals surface area contributed by atoms with Crippen molar-refractivity contribution in [1.82, 2.24) is 10.6 Å². The molecule has 1 aromatic carbocycles. The molecule has 1 aliphatic carbocycles. The summed E-state index contributed by atoms with van der Waals surface area (Å²) < 4.78 is 0. The van der Waals surface area contributed by atoms with Crippen LogP contribution >= 0.6 is 0 Å². The van der Waals surface area contributed by atoms with Crippen molar-refractivity contribution in [2.24, 2.45) is 5.92 Å². The van der Waals surface area contributed by atoms with Gasteiger partial charge in [-0.3, -0.25) is 9.59 Å². The molecular formula is C20H31N3O2. The summed E-state index contributed by atoms with van der Waals surface area (Å²) in [4.78, 5) is 24.6. The molecule has 1 unspecified atom stereocenters. The van der Waals surface area contributed by atoms with E-state index in [0.717, 1.165) is 50.0 Å². The Labute approximate surface area is 151 Å². The topological polar surface area (TPSA) is 70.2 Å². The van der Waals surface area contributed by atoms with E-state index in [-0.39, 0.29) is 30.2 Å². The largest absolute Gasteiger partial charge is 0.353 e. The molecule has 3 N–H and O–H groups in total. The summed E-state index contributed by atoms with van der Waals surface area (Å²) in [7, 11) is 0. The van der Waals surface area contributed by atoms with Gasteiger partial charge in [-0.1, -0.05) is 44.4 Å². The number of carbonyl (C=O) groups excluding carboxylic acids is 2. The summed E-state index contributed by atoms with van der Waals surface area (Å²) in [6, 6.07) is 7.65. The third kappa shape index (κ3) is 6.50. The fourth-order valence-electron chi connectivity index (χ4n) is 3.31. The minimum atomic E-state index is -0.157. The molecule has 5 heteroatoms. The first-order valence-electron chi connectivity index (χ1n) is 9.49. The Bertz CT molecular complexity index is 568. The molecule has 0 heterocycles. The van der Waals surface area contributed by atoms with Crippen LogP contribution in [0.5, 0.6) is 0 Å². The van der Waals surface area contributed by atoms with Gasteiger partial charge in [0.1, 0.15) is 0 Å². The Hall–Kier alpha value is -1.88. The van der Waals surface area contributed by atoms with Crippen molar-refractivity contribution in [2.45, 2.75) is 65.0 Å². The molecule has 2 amide bonds. The van der Waals surface area contributed by atoms with Crippen LogP contribution in [0.4, 0.5) is 5.69 Å². The number of benzene rings is 1. The van der Waals surface area contributed by atoms with Crippen LogP contribution in [-0.2, 0) is 16.1 Å². The van der Waals surface area contributed by atoms with Crippen LogP contribution in [0.25, 0.3) is 0 Å². The summed E-state index contributed by atoms with van der Waals surface area (Å²) >= 11 is 0. The van der Waals surface area contributed by atoms with Gasteiger partial charge in [-0.2, -0.15) is 0 Å². The molecule has 138 valence electrons. The standard InChI is InChI=1S/C20H31N3O2/c1-3-21-14-17-11-7-8-12-18(17)23-19(24)13-15(2)22-20(25)16-9-5-4-6-10-16/h7-8,11-12,15-16,21H,3-6,9-10,13-14H2,1-2H3,(H,22,25)(H,23,24). The fraction of sp³-hybridized carbons (Fsp3) is 0.600. The molecule has 0 bridgehead atoms. The summed E-state index contributed by atoms with van der Waals surface area (Å²) in [6.45, 7) is 5.55. The van der Waals surface area contributed by atoms with Crippen LogP contribution in [0, 0.1) is 5.92 Å². The molecule has 1 aliphatic rings. The van der Waals surface area contributed by atoms with Gasteiger partial charge in [0.05, 0.1) is 0 Å². The number of nitrogens with one attached hydrogen (secondary N) is 3. The predicted molar refractivity (Wildman–Crippen MR) is 101 cm³/mol. The predicted octanol–water partition coefficient (Wildman–Crippen LogP) is 3.21. The lowest BCUT2D eigenvalue weighted by molar-refractivity contribution is -0.126. The van der Waals surface area contributed by atoms with Gasteiger partial charge in [-0.15, -0.1) is 0 Å². The average molecular weight is 345 g/mol. The van der Waals surface area contributed by atoms with Gasteiger partial charge in [0.15, 0.2) is 0 Å². The number of carbonyl (C=O) groups is 2. The quantitative estimate of drug-likeness (QED) is 0.677. The number of rotatable bonds is 8. The molecule has 2 rings (SSSR count). The lowest BCUT2D eigenvalue weighted by Gasteiger charge is -2.23. The molecule has 0 spiro atoms. The first kappa shape index (κ1) is 19.4. The second-order valence-electron chi connectivity index (χ2n) is 6.93. The van der Waals surface area contributed by atoms with E-state index in [1.165, 1.54) is 6.42 Å². The van der Waals surface area contributed by atoms with Crippen LogP contribution in [0.2, 0.25) is 0 Å². The fourth-order valence-corrected chi connectivity index (χ4v) is 3.31. The van der Waals surface area contributed by atoms with E-state index in [0.29, 0.717) is 0 Å². The summed E-state index contributed by atoms with van der Waals surface area (Å²) in [5.74, 6) is 0.160. The van der Waals surface area contributed by atoms with Crippen molar-refractivity contribution >= 4 is 17.5 Å². The summed E-state index contributed by atoms with van der Waals surface area (Å²) in [5, 5.41) is 9.25. The van der Waals surface area contributed by atoms with E-state index >= 15 is 0 Å². The van der Waals surface area contributed by atoms with Crippen molar-refractivity contribution < 1.29 is 9.59 Å². The summed E-state index contributed by atoms with van der Waals surface area (Å²) in [6.07, 6.45) is 5.73. The Morgan fingerprint density at radius 3 is 2.60 bits per heavy atom. The summed E-state index contributed by atoms with van der Waals surface area (Å²) in [5.41, 5.74) is 1.90. The maximum Gasteiger partial charge on any atom is 0.226 e. The SMILES string of the molecule is CCNCc1ccccc1NC(=O)CC(C)NC(=O)C1CCCCC1. The Morgan fingerprint density at radius 1 is 1.16 bits per heavy atom. The first-order valence-corrected chi connectivity index (χ1v) is 9.49. The molecule has 1 aromatic rings. The third-order valence-corrected chi connectivity index (χ3v) is 4.71. The van der Waals surface area contributed by atoms with Gasteiger partial charge in [-0.25, -0.2) is 0 Å². The minimum absolute atomic E-state index is 0.0691. The molecule has 0 aromatic heterocycles. The number of para-hydroxylation sites is 1. The molecular weight excluding hydrogens is 314 g/mol. The third-order valence-electron chi connectivity index (χ3n) is 4.71. The maximum atomic E-state index is 12.3. The molecule has 0 radical (unpaired) electrons. The van der Waals surface area contributed by atoms with E-state index in [1.54, 1.807) is 0 Å². The molecule has 1 atom stereocenters. The number of hydrogen-bond acceptors (Lipinski definition) is 3. The monoisotopic (exact) mass is 345 g/mol. The molecule has 1 fully saturated rings. The van der Waals surface area contributed by atoms with Crippen molar-refractivity contribution in [3.05, 3.63) is 29.8 Å². The highest BCUT2D eigenvalue weighted by atomic mass is 16.2.